The lowest BCUT2D eigenvalue weighted by atomic mass is 10.0. The molecule has 3 aromatic carbocycles. The van der Waals surface area contributed by atoms with Gasteiger partial charge in [-0.15, -0.1) is 0 Å². The molecule has 190 valence electrons. The van der Waals surface area contributed by atoms with Crippen LogP contribution in [-0.2, 0) is 29.0 Å². The molecule has 3 rings (SSSR count). The van der Waals surface area contributed by atoms with Gasteiger partial charge in [0, 0.05) is 18.5 Å². The molecule has 0 saturated heterocycles. The lowest BCUT2D eigenvalue weighted by Crippen LogP contribution is -2.55. The Hall–Kier alpha value is -3.67. The van der Waals surface area contributed by atoms with Crippen LogP contribution in [0, 0.1) is 5.82 Å². The summed E-state index contributed by atoms with van der Waals surface area (Å²) >= 11 is 0. The predicted molar refractivity (Wildman–Crippen MR) is 140 cm³/mol. The zero-order valence-corrected chi connectivity index (χ0v) is 21.5. The van der Waals surface area contributed by atoms with Crippen LogP contribution in [-0.4, -0.2) is 34.9 Å². The number of amides is 2. The molecule has 0 radical (unpaired) electrons. The van der Waals surface area contributed by atoms with Gasteiger partial charge < -0.3 is 15.0 Å². The number of hydrogen-bond acceptors (Lipinski definition) is 3. The van der Waals surface area contributed by atoms with Gasteiger partial charge in [0.1, 0.15) is 17.6 Å². The third kappa shape index (κ3) is 8.22. The van der Waals surface area contributed by atoms with E-state index in [1.807, 2.05) is 75.4 Å². The highest BCUT2D eigenvalue weighted by atomic mass is 19.1. The molecule has 1 atom stereocenters. The van der Waals surface area contributed by atoms with Crippen LogP contribution in [0.25, 0.3) is 0 Å². The Morgan fingerprint density at radius 1 is 0.889 bits per heavy atom. The molecule has 0 saturated carbocycles. The van der Waals surface area contributed by atoms with E-state index < -0.39 is 11.6 Å². The number of hydrogen-bond donors (Lipinski definition) is 1. The van der Waals surface area contributed by atoms with Crippen molar-refractivity contribution < 1.29 is 18.7 Å². The van der Waals surface area contributed by atoms with Crippen molar-refractivity contribution in [1.29, 1.82) is 0 Å². The van der Waals surface area contributed by atoms with Crippen molar-refractivity contribution in [1.82, 2.24) is 10.2 Å². The maximum absolute atomic E-state index is 13.6. The number of carbonyl (C=O) groups is 2. The van der Waals surface area contributed by atoms with Crippen LogP contribution in [0.1, 0.15) is 44.4 Å². The molecule has 6 heteroatoms. The van der Waals surface area contributed by atoms with E-state index in [-0.39, 0.29) is 30.8 Å². The Morgan fingerprint density at radius 3 is 2.08 bits per heavy atom. The molecule has 3 aromatic rings. The first-order chi connectivity index (χ1) is 17.1. The van der Waals surface area contributed by atoms with Crippen molar-refractivity contribution in [2.24, 2.45) is 0 Å². The molecule has 5 nitrogen and oxygen atoms in total. The Morgan fingerprint density at radius 2 is 1.50 bits per heavy atom. The highest BCUT2D eigenvalue weighted by Gasteiger charge is 2.32. The number of aryl methyl sites for hydroxylation is 1. The van der Waals surface area contributed by atoms with E-state index in [0.29, 0.717) is 12.2 Å². The first-order valence-electron chi connectivity index (χ1n) is 12.3. The smallest absolute Gasteiger partial charge is 0.261 e. The van der Waals surface area contributed by atoms with Crippen molar-refractivity contribution in [2.75, 3.05) is 6.61 Å². The average Bonchev–Trinajstić information content (AvgIpc) is 2.85. The van der Waals surface area contributed by atoms with Crippen LogP contribution in [0.3, 0.4) is 0 Å². The molecule has 0 aliphatic heterocycles. The first kappa shape index (κ1) is 26.9. The maximum atomic E-state index is 13.6. The van der Waals surface area contributed by atoms with E-state index in [1.165, 1.54) is 22.6 Å². The first-order valence-corrected chi connectivity index (χ1v) is 12.3. The SMILES string of the molecule is CCc1ccc(OCC(=O)N(Cc2ccc(F)cc2)[C@@H](Cc2ccccc2)C(=O)NC(C)(C)C)cc1. The van der Waals surface area contributed by atoms with Gasteiger partial charge in [-0.3, -0.25) is 9.59 Å². The second-order valence-corrected chi connectivity index (χ2v) is 9.88. The third-order valence-electron chi connectivity index (χ3n) is 5.73. The molecule has 0 fully saturated rings. The average molecular weight is 491 g/mol. The number of nitrogens with zero attached hydrogens (tertiary/aromatic N) is 1. The van der Waals surface area contributed by atoms with Crippen LogP contribution < -0.4 is 10.1 Å². The van der Waals surface area contributed by atoms with E-state index in [4.69, 9.17) is 4.74 Å². The summed E-state index contributed by atoms with van der Waals surface area (Å²) in [6.07, 6.45) is 1.25. The molecule has 0 aromatic heterocycles. The van der Waals surface area contributed by atoms with E-state index in [9.17, 15) is 14.0 Å². The number of halogens is 1. The monoisotopic (exact) mass is 490 g/mol. The summed E-state index contributed by atoms with van der Waals surface area (Å²) in [5.74, 6) is -0.360. The number of ether oxygens (including phenoxy) is 1. The zero-order chi connectivity index (χ0) is 26.1. The molecule has 0 aliphatic carbocycles. The molecule has 2 amide bonds. The van der Waals surface area contributed by atoms with Crippen molar-refractivity contribution in [3.05, 3.63) is 101 Å². The Bertz CT molecular complexity index is 1120. The molecule has 0 bridgehead atoms. The van der Waals surface area contributed by atoms with Crippen molar-refractivity contribution in [2.45, 2.75) is 58.7 Å². The summed E-state index contributed by atoms with van der Waals surface area (Å²) in [4.78, 5) is 28.6. The normalized spacial score (nSPS) is 12.0. The molecule has 0 spiro atoms. The summed E-state index contributed by atoms with van der Waals surface area (Å²) in [5.41, 5.74) is 2.35. The molecule has 36 heavy (non-hydrogen) atoms. The largest absolute Gasteiger partial charge is 0.484 e. The fourth-order valence-electron chi connectivity index (χ4n) is 3.84. The van der Waals surface area contributed by atoms with E-state index in [1.54, 1.807) is 12.1 Å². The van der Waals surface area contributed by atoms with E-state index >= 15 is 0 Å². The fraction of sp³-hybridized carbons (Fsp3) is 0.333. The van der Waals surface area contributed by atoms with Gasteiger partial charge in [-0.25, -0.2) is 4.39 Å². The predicted octanol–water partition coefficient (Wildman–Crippen LogP) is 5.32. The lowest BCUT2D eigenvalue weighted by Gasteiger charge is -2.33. The molecule has 1 N–H and O–H groups in total. The summed E-state index contributed by atoms with van der Waals surface area (Å²) < 4.78 is 19.3. The quantitative estimate of drug-likeness (QED) is 0.418. The summed E-state index contributed by atoms with van der Waals surface area (Å²) in [7, 11) is 0. The Labute approximate surface area is 213 Å². The Balaban J connectivity index is 1.90. The zero-order valence-electron chi connectivity index (χ0n) is 21.5. The standard InChI is InChI=1S/C30H35FN2O3/c1-5-22-13-17-26(18-14-22)36-21-28(34)33(20-24-11-15-25(31)16-12-24)27(29(35)32-30(2,3)4)19-23-9-7-6-8-10-23/h6-18,27H,5,19-21H2,1-4H3,(H,32,35)/t27-/m0/s1. The van der Waals surface area contributed by atoms with Crippen molar-refractivity contribution in [3.8, 4) is 5.75 Å². The minimum atomic E-state index is -0.782. The highest BCUT2D eigenvalue weighted by Crippen LogP contribution is 2.18. The van der Waals surface area contributed by atoms with Crippen LogP contribution in [0.15, 0.2) is 78.9 Å². The molecule has 0 aliphatic rings. The van der Waals surface area contributed by atoms with E-state index in [0.717, 1.165) is 17.5 Å². The number of nitrogens with one attached hydrogen (secondary N) is 1. The van der Waals surface area contributed by atoms with Gasteiger partial charge in [0.25, 0.3) is 5.91 Å². The van der Waals surface area contributed by atoms with Gasteiger partial charge in [0.15, 0.2) is 6.61 Å². The van der Waals surface area contributed by atoms with Crippen LogP contribution >= 0.6 is 0 Å². The topological polar surface area (TPSA) is 58.6 Å². The van der Waals surface area contributed by atoms with Gasteiger partial charge in [-0.05, 0) is 68.1 Å². The van der Waals surface area contributed by atoms with Gasteiger partial charge in [0.2, 0.25) is 5.91 Å². The lowest BCUT2D eigenvalue weighted by molar-refractivity contribution is -0.143. The third-order valence-corrected chi connectivity index (χ3v) is 5.73. The summed E-state index contributed by atoms with van der Waals surface area (Å²) in [5, 5.41) is 3.02. The molecule has 0 heterocycles. The maximum Gasteiger partial charge on any atom is 0.261 e. The summed E-state index contributed by atoms with van der Waals surface area (Å²) in [6, 6.07) is 22.4. The van der Waals surface area contributed by atoms with Gasteiger partial charge in [0.05, 0.1) is 0 Å². The van der Waals surface area contributed by atoms with Crippen molar-refractivity contribution >= 4 is 11.8 Å². The van der Waals surface area contributed by atoms with Crippen LogP contribution in [0.4, 0.5) is 4.39 Å². The number of carbonyl (C=O) groups excluding carboxylic acids is 2. The minimum Gasteiger partial charge on any atom is -0.484 e. The van der Waals surface area contributed by atoms with E-state index in [2.05, 4.69) is 12.2 Å². The van der Waals surface area contributed by atoms with Gasteiger partial charge in [-0.2, -0.15) is 0 Å². The molecule has 0 unspecified atom stereocenters. The molecular formula is C30H35FN2O3. The van der Waals surface area contributed by atoms with Crippen LogP contribution in [0.2, 0.25) is 0 Å². The Kier molecular flexibility index (Phi) is 9.23. The number of rotatable bonds is 10. The highest BCUT2D eigenvalue weighted by molar-refractivity contribution is 5.89. The van der Waals surface area contributed by atoms with Crippen molar-refractivity contribution in [3.63, 3.8) is 0 Å². The van der Waals surface area contributed by atoms with Gasteiger partial charge in [-0.1, -0.05) is 61.5 Å². The van der Waals surface area contributed by atoms with Crippen LogP contribution in [0.5, 0.6) is 5.75 Å². The van der Waals surface area contributed by atoms with Gasteiger partial charge >= 0.3 is 0 Å². The summed E-state index contributed by atoms with van der Waals surface area (Å²) in [6.45, 7) is 7.70. The second kappa shape index (κ2) is 12.3. The minimum absolute atomic E-state index is 0.145. The fourth-order valence-corrected chi connectivity index (χ4v) is 3.84. The second-order valence-electron chi connectivity index (χ2n) is 9.88. The molecular weight excluding hydrogens is 455 g/mol. The number of benzene rings is 3.